The molecule has 0 aliphatic carbocycles. The average Bonchev–Trinajstić information content (AvgIpc) is 2.68. The summed E-state index contributed by atoms with van der Waals surface area (Å²) in [6.45, 7) is 4.34. The van der Waals surface area contributed by atoms with Crippen molar-refractivity contribution in [2.45, 2.75) is 25.8 Å². The number of amides is 2. The number of carbonyl (C=O) groups is 2. The van der Waals surface area contributed by atoms with Crippen LogP contribution in [0, 0.1) is 11.8 Å². The highest BCUT2D eigenvalue weighted by atomic mass is 16.2. The van der Waals surface area contributed by atoms with Crippen LogP contribution < -0.4 is 16.0 Å². The van der Waals surface area contributed by atoms with E-state index in [4.69, 9.17) is 0 Å². The van der Waals surface area contributed by atoms with Crippen LogP contribution >= 0.6 is 0 Å². The molecule has 16 heavy (non-hydrogen) atoms. The van der Waals surface area contributed by atoms with Gasteiger partial charge in [0.15, 0.2) is 0 Å². The molecule has 2 rings (SSSR count). The molecule has 2 aliphatic rings. The summed E-state index contributed by atoms with van der Waals surface area (Å²) in [5, 5.41) is 9.00. The van der Waals surface area contributed by atoms with Gasteiger partial charge in [0.05, 0.1) is 5.92 Å². The zero-order valence-corrected chi connectivity index (χ0v) is 9.58. The van der Waals surface area contributed by atoms with Gasteiger partial charge in [0.1, 0.15) is 0 Å². The summed E-state index contributed by atoms with van der Waals surface area (Å²) in [6.07, 6.45) is 1.27. The molecule has 2 amide bonds. The molecule has 0 radical (unpaired) electrons. The Morgan fingerprint density at radius 1 is 1.38 bits per heavy atom. The van der Waals surface area contributed by atoms with Gasteiger partial charge in [-0.05, 0) is 18.9 Å². The molecule has 90 valence electrons. The lowest BCUT2D eigenvalue weighted by molar-refractivity contribution is -0.128. The van der Waals surface area contributed by atoms with Gasteiger partial charge in [-0.1, -0.05) is 6.92 Å². The second kappa shape index (κ2) is 4.82. The van der Waals surface area contributed by atoms with E-state index in [-0.39, 0.29) is 23.8 Å². The first-order valence-corrected chi connectivity index (χ1v) is 5.94. The maximum atomic E-state index is 11.9. The first-order chi connectivity index (χ1) is 7.66. The number of rotatable bonds is 2. The van der Waals surface area contributed by atoms with Crippen molar-refractivity contribution in [2.75, 3.05) is 19.6 Å². The van der Waals surface area contributed by atoms with Gasteiger partial charge in [0.2, 0.25) is 11.8 Å². The zero-order valence-electron chi connectivity index (χ0n) is 9.58. The van der Waals surface area contributed by atoms with Crippen LogP contribution in [-0.4, -0.2) is 37.5 Å². The molecule has 2 heterocycles. The van der Waals surface area contributed by atoms with Crippen molar-refractivity contribution < 1.29 is 9.59 Å². The van der Waals surface area contributed by atoms with E-state index in [1.54, 1.807) is 0 Å². The maximum Gasteiger partial charge on any atom is 0.224 e. The summed E-state index contributed by atoms with van der Waals surface area (Å²) in [5.74, 6) is 0.691. The van der Waals surface area contributed by atoms with Crippen LogP contribution in [0.1, 0.15) is 19.8 Å². The Labute approximate surface area is 95.3 Å². The fraction of sp³-hybridized carbons (Fsp3) is 0.818. The molecule has 5 nitrogen and oxygen atoms in total. The Kier molecular flexibility index (Phi) is 3.43. The molecule has 2 fully saturated rings. The van der Waals surface area contributed by atoms with Crippen LogP contribution in [0.2, 0.25) is 0 Å². The highest BCUT2D eigenvalue weighted by Gasteiger charge is 2.31. The predicted molar refractivity (Wildman–Crippen MR) is 59.7 cm³/mol. The van der Waals surface area contributed by atoms with Crippen LogP contribution in [0.3, 0.4) is 0 Å². The average molecular weight is 225 g/mol. The second-order valence-corrected chi connectivity index (χ2v) is 4.79. The van der Waals surface area contributed by atoms with E-state index in [2.05, 4.69) is 22.9 Å². The highest BCUT2D eigenvalue weighted by molar-refractivity contribution is 5.81. The quantitative estimate of drug-likeness (QED) is 0.578. The summed E-state index contributed by atoms with van der Waals surface area (Å²) >= 11 is 0. The minimum Gasteiger partial charge on any atom is -0.354 e. The summed E-state index contributed by atoms with van der Waals surface area (Å²) < 4.78 is 0. The zero-order chi connectivity index (χ0) is 11.5. The lowest BCUT2D eigenvalue weighted by Crippen LogP contribution is -2.50. The maximum absolute atomic E-state index is 11.9. The molecule has 1 unspecified atom stereocenters. The molecule has 3 atom stereocenters. The van der Waals surface area contributed by atoms with Gasteiger partial charge >= 0.3 is 0 Å². The molecule has 0 aromatic heterocycles. The third-order valence-corrected chi connectivity index (χ3v) is 3.47. The molecule has 0 bridgehead atoms. The summed E-state index contributed by atoms with van der Waals surface area (Å²) in [6, 6.07) is 0.109. The van der Waals surface area contributed by atoms with Crippen molar-refractivity contribution in [1.82, 2.24) is 16.0 Å². The highest BCUT2D eigenvalue weighted by Crippen LogP contribution is 2.16. The first kappa shape index (κ1) is 11.4. The van der Waals surface area contributed by atoms with E-state index in [9.17, 15) is 9.59 Å². The SMILES string of the molecule is C[C@@H]1CNC[C@H]1C(=O)NC1CCC(=O)NC1. The van der Waals surface area contributed by atoms with Crippen molar-refractivity contribution in [3.8, 4) is 0 Å². The number of piperidine rings is 1. The van der Waals surface area contributed by atoms with Gasteiger partial charge in [0, 0.05) is 25.6 Å². The first-order valence-electron chi connectivity index (χ1n) is 5.94. The van der Waals surface area contributed by atoms with Crippen molar-refractivity contribution in [3.63, 3.8) is 0 Å². The van der Waals surface area contributed by atoms with Gasteiger partial charge in [0.25, 0.3) is 0 Å². The number of nitrogens with one attached hydrogen (secondary N) is 3. The van der Waals surface area contributed by atoms with E-state index in [0.717, 1.165) is 19.5 Å². The van der Waals surface area contributed by atoms with Crippen LogP contribution in [0.25, 0.3) is 0 Å². The van der Waals surface area contributed by atoms with Crippen molar-refractivity contribution in [3.05, 3.63) is 0 Å². The van der Waals surface area contributed by atoms with Crippen molar-refractivity contribution >= 4 is 11.8 Å². The summed E-state index contributed by atoms with van der Waals surface area (Å²) in [5.41, 5.74) is 0. The van der Waals surface area contributed by atoms with Crippen LogP contribution in [0.4, 0.5) is 0 Å². The van der Waals surface area contributed by atoms with Crippen molar-refractivity contribution in [1.29, 1.82) is 0 Å². The summed E-state index contributed by atoms with van der Waals surface area (Å²) in [7, 11) is 0. The molecule has 3 N–H and O–H groups in total. The van der Waals surface area contributed by atoms with Crippen LogP contribution in [-0.2, 0) is 9.59 Å². The van der Waals surface area contributed by atoms with Gasteiger partial charge in [-0.2, -0.15) is 0 Å². The molecule has 2 aliphatic heterocycles. The molecule has 0 aromatic carbocycles. The Bertz CT molecular complexity index is 283. The van der Waals surface area contributed by atoms with Gasteiger partial charge in [-0.3, -0.25) is 9.59 Å². The predicted octanol–water partition coefficient (Wildman–Crippen LogP) is -0.763. The van der Waals surface area contributed by atoms with E-state index >= 15 is 0 Å². The lowest BCUT2D eigenvalue weighted by Gasteiger charge is -2.25. The second-order valence-electron chi connectivity index (χ2n) is 4.79. The molecular weight excluding hydrogens is 206 g/mol. The van der Waals surface area contributed by atoms with Gasteiger partial charge in [-0.15, -0.1) is 0 Å². The number of hydrogen-bond acceptors (Lipinski definition) is 3. The molecule has 0 aromatic rings. The fourth-order valence-electron chi connectivity index (χ4n) is 2.33. The van der Waals surface area contributed by atoms with E-state index in [0.29, 0.717) is 18.9 Å². The van der Waals surface area contributed by atoms with Gasteiger partial charge in [-0.25, -0.2) is 0 Å². The molecule has 5 heteroatoms. The Hall–Kier alpha value is -1.10. The van der Waals surface area contributed by atoms with Crippen LogP contribution in [0.5, 0.6) is 0 Å². The molecular formula is C11H19N3O2. The van der Waals surface area contributed by atoms with Gasteiger partial charge < -0.3 is 16.0 Å². The van der Waals surface area contributed by atoms with Crippen molar-refractivity contribution in [2.24, 2.45) is 11.8 Å². The molecule has 0 spiro atoms. The fourth-order valence-corrected chi connectivity index (χ4v) is 2.33. The number of hydrogen-bond donors (Lipinski definition) is 3. The lowest BCUT2D eigenvalue weighted by atomic mass is 9.96. The normalized spacial score (nSPS) is 34.6. The van der Waals surface area contributed by atoms with E-state index < -0.39 is 0 Å². The topological polar surface area (TPSA) is 70.2 Å². The minimum atomic E-state index is 0.0811. The summed E-state index contributed by atoms with van der Waals surface area (Å²) in [4.78, 5) is 22.9. The minimum absolute atomic E-state index is 0.0811. The molecule has 2 saturated heterocycles. The number of carbonyl (C=O) groups excluding carboxylic acids is 2. The standard InChI is InChI=1S/C11H19N3O2/c1-7-4-12-6-9(7)11(16)14-8-2-3-10(15)13-5-8/h7-9,12H,2-6H2,1H3,(H,13,15)(H,14,16)/t7-,8?,9-/m1/s1. The van der Waals surface area contributed by atoms with Crippen LogP contribution in [0.15, 0.2) is 0 Å². The Morgan fingerprint density at radius 3 is 2.75 bits per heavy atom. The monoisotopic (exact) mass is 225 g/mol. The van der Waals surface area contributed by atoms with E-state index in [1.165, 1.54) is 0 Å². The smallest absolute Gasteiger partial charge is 0.224 e. The van der Waals surface area contributed by atoms with E-state index in [1.807, 2.05) is 0 Å². The third kappa shape index (κ3) is 2.52. The largest absolute Gasteiger partial charge is 0.354 e. The Morgan fingerprint density at radius 2 is 2.19 bits per heavy atom. The Balaban J connectivity index is 1.80. The third-order valence-electron chi connectivity index (χ3n) is 3.47. The molecule has 0 saturated carbocycles.